The molecule has 0 bridgehead atoms. The highest BCUT2D eigenvalue weighted by Gasteiger charge is 2.41. The van der Waals surface area contributed by atoms with E-state index >= 15 is 0 Å². The van der Waals surface area contributed by atoms with Crippen molar-refractivity contribution >= 4 is 5.91 Å². The number of nitrogens with zero attached hydrogens (tertiary/aromatic N) is 1. The molecule has 1 amide bonds. The summed E-state index contributed by atoms with van der Waals surface area (Å²) in [6.07, 6.45) is -3.83. The molecule has 0 aliphatic rings. The van der Waals surface area contributed by atoms with Crippen molar-refractivity contribution in [2.24, 2.45) is 5.92 Å². The predicted octanol–water partition coefficient (Wildman–Crippen LogP) is 2.39. The molecule has 0 aromatic heterocycles. The maximum atomic E-state index is 12.7. The van der Waals surface area contributed by atoms with Gasteiger partial charge in [-0.3, -0.25) is 4.79 Å². The Kier molecular flexibility index (Phi) is 5.50. The molecule has 0 fully saturated rings. The number of nitrogens with one attached hydrogen (secondary N) is 1. The molecule has 0 saturated carbocycles. The van der Waals surface area contributed by atoms with Crippen LogP contribution in [0.2, 0.25) is 0 Å². The van der Waals surface area contributed by atoms with Crippen molar-refractivity contribution in [1.29, 1.82) is 5.26 Å². The minimum absolute atomic E-state index is 0.0312. The van der Waals surface area contributed by atoms with Crippen molar-refractivity contribution < 1.29 is 22.4 Å². The topological polar surface area (TPSA) is 52.9 Å². The number of amides is 1. The number of hydrogen-bond acceptors (Lipinski definition) is 2. The zero-order valence-corrected chi connectivity index (χ0v) is 10.3. The molecule has 1 aromatic rings. The third kappa shape index (κ3) is 4.53. The highest BCUT2D eigenvalue weighted by atomic mass is 19.3. The molecule has 0 radical (unpaired) electrons. The minimum Gasteiger partial charge on any atom is -0.349 e. The lowest BCUT2D eigenvalue weighted by molar-refractivity contribution is -0.137. The zero-order chi connectivity index (χ0) is 15.2. The Morgan fingerprint density at radius 1 is 1.30 bits per heavy atom. The third-order valence-electron chi connectivity index (χ3n) is 2.57. The smallest absolute Gasteiger partial charge is 0.324 e. The summed E-state index contributed by atoms with van der Waals surface area (Å²) in [5.41, 5.74) is 0.676. The first-order chi connectivity index (χ1) is 9.36. The van der Waals surface area contributed by atoms with Crippen LogP contribution in [0.25, 0.3) is 0 Å². The van der Waals surface area contributed by atoms with Crippen LogP contribution in [0.5, 0.6) is 0 Å². The van der Waals surface area contributed by atoms with Gasteiger partial charge in [0.2, 0.25) is 5.91 Å². The zero-order valence-electron chi connectivity index (χ0n) is 10.3. The summed E-state index contributed by atoms with van der Waals surface area (Å²) in [5, 5.41) is 10.5. The van der Waals surface area contributed by atoms with Crippen LogP contribution in [-0.4, -0.2) is 24.8 Å². The molecule has 7 heteroatoms. The summed E-state index contributed by atoms with van der Waals surface area (Å²) in [6.45, 7) is -1.49. The third-order valence-corrected chi connectivity index (χ3v) is 2.57. The Morgan fingerprint density at radius 3 is 2.40 bits per heavy atom. The second-order valence-corrected chi connectivity index (χ2v) is 4.15. The molecule has 108 valence electrons. The molecule has 0 spiro atoms. The Balaban J connectivity index is 2.59. The van der Waals surface area contributed by atoms with Crippen LogP contribution in [0.4, 0.5) is 17.6 Å². The first kappa shape index (κ1) is 16.0. The summed E-state index contributed by atoms with van der Waals surface area (Å²) >= 11 is 0. The van der Waals surface area contributed by atoms with E-state index in [1.165, 1.54) is 0 Å². The predicted molar refractivity (Wildman–Crippen MR) is 63.2 cm³/mol. The van der Waals surface area contributed by atoms with Crippen molar-refractivity contribution in [2.45, 2.75) is 18.8 Å². The molecule has 0 aliphatic heterocycles. The first-order valence-electron chi connectivity index (χ1n) is 5.74. The van der Waals surface area contributed by atoms with Crippen molar-refractivity contribution in [2.75, 3.05) is 6.54 Å². The van der Waals surface area contributed by atoms with Gasteiger partial charge in [-0.05, 0) is 12.0 Å². The second-order valence-electron chi connectivity index (χ2n) is 4.15. The van der Waals surface area contributed by atoms with Gasteiger partial charge in [0.15, 0.2) is 0 Å². The summed E-state index contributed by atoms with van der Waals surface area (Å²) in [4.78, 5) is 11.5. The number of carbonyl (C=O) groups is 1. The molecule has 3 nitrogen and oxygen atoms in total. The highest BCUT2D eigenvalue weighted by Crippen LogP contribution is 2.21. The Labute approximate surface area is 113 Å². The van der Waals surface area contributed by atoms with Crippen molar-refractivity contribution in [3.8, 4) is 6.07 Å². The van der Waals surface area contributed by atoms with Gasteiger partial charge >= 0.3 is 12.3 Å². The van der Waals surface area contributed by atoms with Crippen molar-refractivity contribution in [1.82, 2.24) is 5.32 Å². The van der Waals surface area contributed by atoms with E-state index in [1.54, 1.807) is 41.7 Å². The molecular weight excluding hydrogens is 276 g/mol. The Bertz CT molecular complexity index is 485. The summed E-state index contributed by atoms with van der Waals surface area (Å²) in [6, 6.07) is 10.2. The molecule has 0 saturated heterocycles. The van der Waals surface area contributed by atoms with Gasteiger partial charge in [-0.1, -0.05) is 30.3 Å². The number of alkyl halides is 4. The molecule has 20 heavy (non-hydrogen) atoms. The van der Waals surface area contributed by atoms with Gasteiger partial charge in [-0.2, -0.15) is 14.0 Å². The first-order valence-corrected chi connectivity index (χ1v) is 5.74. The molecule has 1 atom stereocenters. The molecule has 1 aromatic carbocycles. The average Bonchev–Trinajstić information content (AvgIpc) is 2.43. The van der Waals surface area contributed by atoms with Crippen LogP contribution in [0.3, 0.4) is 0 Å². The van der Waals surface area contributed by atoms with Crippen LogP contribution in [0.15, 0.2) is 30.3 Å². The molecule has 0 aliphatic carbocycles. The normalized spacial score (nSPS) is 12.8. The fourth-order valence-electron chi connectivity index (χ4n) is 1.45. The fraction of sp³-hybridized carbons (Fsp3) is 0.385. The van der Waals surface area contributed by atoms with Crippen LogP contribution >= 0.6 is 0 Å². The summed E-state index contributed by atoms with van der Waals surface area (Å²) < 4.78 is 49.2. The second kappa shape index (κ2) is 6.89. The number of nitriles is 1. The lowest BCUT2D eigenvalue weighted by atomic mass is 10.00. The van der Waals surface area contributed by atoms with E-state index in [9.17, 15) is 22.4 Å². The summed E-state index contributed by atoms with van der Waals surface area (Å²) in [5.74, 6) is -6.50. The van der Waals surface area contributed by atoms with Crippen molar-refractivity contribution in [3.05, 3.63) is 35.9 Å². The van der Waals surface area contributed by atoms with Crippen molar-refractivity contribution in [3.63, 3.8) is 0 Å². The van der Waals surface area contributed by atoms with E-state index in [2.05, 4.69) is 0 Å². The maximum Gasteiger partial charge on any atom is 0.324 e. The van der Waals surface area contributed by atoms with E-state index in [0.717, 1.165) is 0 Å². The lowest BCUT2D eigenvalue weighted by Crippen LogP contribution is -2.43. The van der Waals surface area contributed by atoms with E-state index < -0.39 is 30.7 Å². The van der Waals surface area contributed by atoms with Gasteiger partial charge in [0, 0.05) is 0 Å². The van der Waals surface area contributed by atoms with E-state index in [1.807, 2.05) is 0 Å². The van der Waals surface area contributed by atoms with E-state index in [0.29, 0.717) is 5.56 Å². The maximum absolute atomic E-state index is 12.7. The number of hydrogen-bond donors (Lipinski definition) is 1. The number of carbonyl (C=O) groups excluding carboxylic acids is 1. The molecule has 1 N–H and O–H groups in total. The van der Waals surface area contributed by atoms with Gasteiger partial charge in [0.1, 0.15) is 5.92 Å². The average molecular weight is 288 g/mol. The van der Waals surface area contributed by atoms with Gasteiger partial charge in [0.05, 0.1) is 12.6 Å². The van der Waals surface area contributed by atoms with Crippen LogP contribution in [-0.2, 0) is 11.2 Å². The standard InChI is InChI=1S/C13H12F4N2O/c14-12(15)13(16,17)8-19-11(20)10(7-18)6-9-4-2-1-3-5-9/h1-5,10,12H,6,8H2,(H,19,20). The van der Waals surface area contributed by atoms with Gasteiger partial charge in [-0.25, -0.2) is 8.78 Å². The van der Waals surface area contributed by atoms with E-state index in [-0.39, 0.29) is 6.42 Å². The SMILES string of the molecule is N#CC(Cc1ccccc1)C(=O)NCC(F)(F)C(F)F. The van der Waals surface area contributed by atoms with Gasteiger partial charge in [0.25, 0.3) is 0 Å². The van der Waals surface area contributed by atoms with Crippen LogP contribution in [0.1, 0.15) is 5.56 Å². The quantitative estimate of drug-likeness (QED) is 0.817. The fourth-order valence-corrected chi connectivity index (χ4v) is 1.45. The summed E-state index contributed by atoms with van der Waals surface area (Å²) in [7, 11) is 0. The van der Waals surface area contributed by atoms with Crippen LogP contribution < -0.4 is 5.32 Å². The highest BCUT2D eigenvalue weighted by molar-refractivity contribution is 5.81. The van der Waals surface area contributed by atoms with Gasteiger partial charge < -0.3 is 5.32 Å². The van der Waals surface area contributed by atoms with Gasteiger partial charge in [-0.15, -0.1) is 0 Å². The Morgan fingerprint density at radius 2 is 1.90 bits per heavy atom. The molecular formula is C13H12F4N2O. The van der Waals surface area contributed by atoms with E-state index in [4.69, 9.17) is 5.26 Å². The lowest BCUT2D eigenvalue weighted by Gasteiger charge is -2.17. The molecule has 0 heterocycles. The number of halogens is 4. The monoisotopic (exact) mass is 288 g/mol. The largest absolute Gasteiger partial charge is 0.349 e. The molecule has 1 unspecified atom stereocenters. The molecule has 1 rings (SSSR count). The Hall–Kier alpha value is -2.10. The number of rotatable bonds is 6. The number of benzene rings is 1. The minimum atomic E-state index is -4.30. The van der Waals surface area contributed by atoms with Crippen LogP contribution in [0, 0.1) is 17.2 Å².